The molecule has 4 aliphatic rings. The number of aromatic nitrogens is 1. The highest BCUT2D eigenvalue weighted by Crippen LogP contribution is 2.57. The zero-order chi connectivity index (χ0) is 36.4. The number of halogens is 1. The number of aliphatic hydroxyl groups excluding tert-OH is 1. The first-order valence-corrected chi connectivity index (χ1v) is 19.4. The highest BCUT2D eigenvalue weighted by atomic mass is 35.5. The highest BCUT2D eigenvalue weighted by molar-refractivity contribution is 7.90. The van der Waals surface area contributed by atoms with E-state index in [9.17, 15) is 32.7 Å². The molecule has 0 spiro atoms. The number of esters is 1. The Morgan fingerprint density at radius 3 is 2.60 bits per heavy atom. The number of benzene rings is 1. The van der Waals surface area contributed by atoms with Gasteiger partial charge in [0.15, 0.2) is 11.4 Å². The van der Waals surface area contributed by atoms with E-state index in [0.29, 0.717) is 25.7 Å². The average Bonchev–Trinajstić information content (AvgIpc) is 3.91. The summed E-state index contributed by atoms with van der Waals surface area (Å²) in [6.45, 7) is 7.24. The molecule has 2 N–H and O–H groups in total. The third-order valence-corrected chi connectivity index (χ3v) is 11.7. The van der Waals surface area contributed by atoms with Crippen molar-refractivity contribution in [2.24, 2.45) is 17.3 Å². The van der Waals surface area contributed by atoms with Gasteiger partial charge in [-0.25, -0.2) is 8.42 Å². The van der Waals surface area contributed by atoms with E-state index >= 15 is 0 Å². The Morgan fingerprint density at radius 1 is 1.16 bits per heavy atom. The second-order valence-electron chi connectivity index (χ2n) is 15.2. The number of ether oxygens (including phenoxy) is 1. The molecule has 0 radical (unpaired) electrons. The maximum absolute atomic E-state index is 13.7. The standard InChI is InChI=1S/C28H42N2O8S.C8H6ClNO/c1-27(2,3)38-24(33)13-18-9-7-5-4-6-8-10-19-15-28(19,26(35)29-39(36,37)21-11-12-21)16-23(32)22-14-20(31)17-30(22)25(18)34;1-5-2-3-6-7(4-5)11-8(9)10-6/h8,10,18-22,31H,4-7,9,11-17H2,1-3H3,(H,29,35);2-4H,1H3/b10-8-;/t18-,19-,20-,22+,28-;/m1./s1. The minimum Gasteiger partial charge on any atom is -0.460 e. The first kappa shape index (κ1) is 38.0. The number of hydrogen-bond donors (Lipinski definition) is 2. The molecule has 1 aromatic carbocycles. The highest BCUT2D eigenvalue weighted by Gasteiger charge is 2.61. The van der Waals surface area contributed by atoms with Crippen molar-refractivity contribution in [3.63, 3.8) is 0 Å². The predicted molar refractivity (Wildman–Crippen MR) is 186 cm³/mol. The third kappa shape index (κ3) is 9.52. The first-order valence-electron chi connectivity index (χ1n) is 17.5. The lowest BCUT2D eigenvalue weighted by Crippen LogP contribution is -2.46. The van der Waals surface area contributed by atoms with Gasteiger partial charge >= 0.3 is 5.97 Å². The summed E-state index contributed by atoms with van der Waals surface area (Å²) in [6, 6.07) is 4.84. The van der Waals surface area contributed by atoms with E-state index in [4.69, 9.17) is 20.8 Å². The van der Waals surface area contributed by atoms with Crippen molar-refractivity contribution in [1.82, 2.24) is 14.6 Å². The number of carbonyl (C=O) groups is 4. The maximum atomic E-state index is 13.7. The third-order valence-electron chi connectivity index (χ3n) is 9.70. The molecular formula is C36H48ClN3O9S. The Kier molecular flexibility index (Phi) is 11.5. The lowest BCUT2D eigenvalue weighted by Gasteiger charge is -2.29. The topological polar surface area (TPSA) is 173 Å². The van der Waals surface area contributed by atoms with E-state index in [-0.39, 0.29) is 48.8 Å². The van der Waals surface area contributed by atoms with Gasteiger partial charge in [-0.3, -0.25) is 23.9 Å². The molecule has 0 unspecified atom stereocenters. The molecule has 50 heavy (non-hydrogen) atoms. The Bertz CT molecular complexity index is 1750. The summed E-state index contributed by atoms with van der Waals surface area (Å²) in [6.07, 6.45) is 7.71. The number of aliphatic hydroxyl groups is 1. The predicted octanol–water partition coefficient (Wildman–Crippen LogP) is 5.18. The van der Waals surface area contributed by atoms with Crippen LogP contribution in [0.25, 0.3) is 11.1 Å². The molecule has 6 rings (SSSR count). The lowest BCUT2D eigenvalue weighted by molar-refractivity contribution is -0.159. The molecule has 274 valence electrons. The van der Waals surface area contributed by atoms with Crippen molar-refractivity contribution in [3.05, 3.63) is 41.3 Å². The van der Waals surface area contributed by atoms with Crippen LogP contribution in [-0.4, -0.2) is 76.5 Å². The average molecular weight is 734 g/mol. The molecule has 2 amide bonds. The molecule has 5 atom stereocenters. The van der Waals surface area contributed by atoms with Crippen LogP contribution in [0.2, 0.25) is 5.35 Å². The van der Waals surface area contributed by atoms with Gasteiger partial charge in [0.2, 0.25) is 21.8 Å². The zero-order valence-electron chi connectivity index (χ0n) is 29.2. The van der Waals surface area contributed by atoms with Gasteiger partial charge in [0.05, 0.1) is 29.2 Å². The summed E-state index contributed by atoms with van der Waals surface area (Å²) in [4.78, 5) is 58.6. The number of hydrogen-bond acceptors (Lipinski definition) is 10. The van der Waals surface area contributed by atoms with Crippen molar-refractivity contribution in [2.45, 2.75) is 121 Å². The van der Waals surface area contributed by atoms with E-state index in [1.54, 1.807) is 20.8 Å². The van der Waals surface area contributed by atoms with Crippen LogP contribution >= 0.6 is 11.6 Å². The summed E-state index contributed by atoms with van der Waals surface area (Å²) in [7, 11) is -3.78. The molecule has 1 saturated heterocycles. The summed E-state index contributed by atoms with van der Waals surface area (Å²) in [5, 5.41) is 10.1. The number of aryl methyl sites for hydroxylation is 1. The molecule has 0 bridgehead atoms. The molecule has 2 aromatic rings. The van der Waals surface area contributed by atoms with Crippen LogP contribution in [0.1, 0.15) is 97.0 Å². The Balaban J connectivity index is 0.000000371. The lowest BCUT2D eigenvalue weighted by atomic mass is 9.90. The number of ketones is 1. The summed E-state index contributed by atoms with van der Waals surface area (Å²) >= 11 is 5.56. The van der Waals surface area contributed by atoms with E-state index in [2.05, 4.69) is 9.71 Å². The number of rotatable bonds is 5. The number of Topliss-reactive ketones (excluding diaryl/α,β-unsaturated/α-hetero) is 1. The monoisotopic (exact) mass is 733 g/mol. The maximum Gasteiger partial charge on any atom is 0.307 e. The quantitative estimate of drug-likeness (QED) is 0.308. The van der Waals surface area contributed by atoms with Gasteiger partial charge < -0.3 is 19.2 Å². The fourth-order valence-electron chi connectivity index (χ4n) is 6.84. The van der Waals surface area contributed by atoms with E-state index in [1.807, 2.05) is 37.3 Å². The molecular weight excluding hydrogens is 686 g/mol. The van der Waals surface area contributed by atoms with Gasteiger partial charge in [-0.1, -0.05) is 31.1 Å². The van der Waals surface area contributed by atoms with Crippen LogP contribution in [0.15, 0.2) is 34.8 Å². The van der Waals surface area contributed by atoms with Crippen LogP contribution < -0.4 is 4.72 Å². The normalized spacial score (nSPS) is 28.3. The van der Waals surface area contributed by atoms with Crippen LogP contribution in [0.4, 0.5) is 0 Å². The van der Waals surface area contributed by atoms with Crippen LogP contribution in [0.5, 0.6) is 0 Å². The van der Waals surface area contributed by atoms with E-state index < -0.39 is 56.2 Å². The largest absolute Gasteiger partial charge is 0.460 e. The second-order valence-corrected chi connectivity index (χ2v) is 17.5. The number of sulfonamides is 1. The van der Waals surface area contributed by atoms with Gasteiger partial charge in [-0.05, 0) is 101 Å². The molecule has 2 aliphatic heterocycles. The molecule has 2 saturated carbocycles. The number of fused-ring (bicyclic) bond motifs is 3. The SMILES string of the molecule is CC(C)(C)OC(=O)C[C@H]1CCCCC/C=C\[C@@H]2C[C@@]2(C(=O)NS(=O)(=O)C2CC2)CC(=O)[C@@H]2C[C@@H](O)CN2C1=O.Cc1ccc2nc(Cl)oc2c1. The summed E-state index contributed by atoms with van der Waals surface area (Å²) < 4.78 is 37.8. The van der Waals surface area contributed by atoms with Gasteiger partial charge in [0.1, 0.15) is 11.1 Å². The van der Waals surface area contributed by atoms with Crippen LogP contribution in [-0.2, 0) is 33.9 Å². The Hall–Kier alpha value is -3.29. The smallest absolute Gasteiger partial charge is 0.307 e. The number of carbonyl (C=O) groups excluding carboxylic acids is 4. The minimum absolute atomic E-state index is 0.0291. The fourth-order valence-corrected chi connectivity index (χ4v) is 8.40. The molecule has 3 heterocycles. The van der Waals surface area contributed by atoms with Crippen molar-refractivity contribution < 1.29 is 41.9 Å². The van der Waals surface area contributed by atoms with Gasteiger partial charge in [0, 0.05) is 25.3 Å². The number of nitrogens with one attached hydrogen (secondary N) is 1. The van der Waals surface area contributed by atoms with E-state index in [0.717, 1.165) is 42.3 Å². The van der Waals surface area contributed by atoms with Crippen molar-refractivity contribution in [2.75, 3.05) is 6.54 Å². The molecule has 12 nitrogen and oxygen atoms in total. The molecule has 3 fully saturated rings. The minimum atomic E-state index is -3.78. The summed E-state index contributed by atoms with van der Waals surface area (Å²) in [5.74, 6) is -2.85. The number of nitrogens with zero attached hydrogens (tertiary/aromatic N) is 2. The molecule has 1 aromatic heterocycles. The van der Waals surface area contributed by atoms with Crippen molar-refractivity contribution in [3.8, 4) is 0 Å². The fraction of sp³-hybridized carbons (Fsp3) is 0.639. The second kappa shape index (κ2) is 15.1. The van der Waals surface area contributed by atoms with Gasteiger partial charge in [0.25, 0.3) is 5.35 Å². The number of amides is 2. The van der Waals surface area contributed by atoms with Crippen molar-refractivity contribution >= 4 is 56.3 Å². The van der Waals surface area contributed by atoms with Crippen LogP contribution in [0.3, 0.4) is 0 Å². The van der Waals surface area contributed by atoms with Crippen LogP contribution in [0, 0.1) is 24.2 Å². The Morgan fingerprint density at radius 2 is 1.90 bits per heavy atom. The summed E-state index contributed by atoms with van der Waals surface area (Å²) in [5.41, 5.74) is 0.812. The Labute approximate surface area is 298 Å². The number of oxazole rings is 1. The van der Waals surface area contributed by atoms with E-state index in [1.165, 1.54) is 4.90 Å². The molecule has 2 aliphatic carbocycles. The van der Waals surface area contributed by atoms with Gasteiger partial charge in [-0.2, -0.15) is 4.98 Å². The molecule has 14 heteroatoms. The first-order chi connectivity index (χ1) is 23.5. The zero-order valence-corrected chi connectivity index (χ0v) is 30.7. The van der Waals surface area contributed by atoms with Gasteiger partial charge in [-0.15, -0.1) is 0 Å². The number of allylic oxidation sites excluding steroid dienone is 2. The van der Waals surface area contributed by atoms with Crippen molar-refractivity contribution in [1.29, 1.82) is 0 Å².